The molecule has 1 aromatic carbocycles. The van der Waals surface area contributed by atoms with Gasteiger partial charge in [0.2, 0.25) is 10.0 Å². The van der Waals surface area contributed by atoms with Crippen LogP contribution >= 0.6 is 23.8 Å². The van der Waals surface area contributed by atoms with Crippen LogP contribution in [-0.2, 0) is 19.5 Å². The molecule has 1 atom stereocenters. The number of ether oxygens (including phenoxy) is 2. The van der Waals surface area contributed by atoms with Crippen molar-refractivity contribution in [1.82, 2.24) is 9.62 Å². The van der Waals surface area contributed by atoms with Gasteiger partial charge in [0.25, 0.3) is 0 Å². The van der Waals surface area contributed by atoms with Gasteiger partial charge >= 0.3 is 0 Å². The molecule has 2 fully saturated rings. The highest BCUT2D eigenvalue weighted by Gasteiger charge is 2.28. The smallest absolute Gasteiger partial charge is 0.244 e. The van der Waals surface area contributed by atoms with E-state index in [1.807, 2.05) is 0 Å². The fourth-order valence-electron chi connectivity index (χ4n) is 2.89. The molecule has 2 aliphatic heterocycles. The molecule has 0 bridgehead atoms. The van der Waals surface area contributed by atoms with Crippen LogP contribution < -0.4 is 10.6 Å². The average molecular weight is 420 g/mol. The van der Waals surface area contributed by atoms with Gasteiger partial charge in [-0.2, -0.15) is 4.31 Å². The standard InChI is InChI=1S/C16H22ClN3O4S2/c17-14-4-3-12(19-16(25)18-11-13-2-1-7-24-13)10-15(14)26(21,22)20-5-8-23-9-6-20/h3-4,10,13H,1-2,5-9,11H2,(H2,18,19,25)/t13-/m1/s1. The van der Waals surface area contributed by atoms with Crippen LogP contribution in [0.3, 0.4) is 0 Å². The van der Waals surface area contributed by atoms with Crippen LogP contribution in [0, 0.1) is 0 Å². The molecule has 144 valence electrons. The molecule has 7 nitrogen and oxygen atoms in total. The molecule has 2 N–H and O–H groups in total. The number of anilines is 1. The first-order valence-corrected chi connectivity index (χ1v) is 10.7. The number of hydrogen-bond acceptors (Lipinski definition) is 5. The monoisotopic (exact) mass is 419 g/mol. The van der Waals surface area contributed by atoms with Crippen molar-refractivity contribution in [3.05, 3.63) is 23.2 Å². The third-order valence-electron chi connectivity index (χ3n) is 4.29. The number of hydrogen-bond donors (Lipinski definition) is 2. The van der Waals surface area contributed by atoms with Gasteiger partial charge in [-0.25, -0.2) is 8.42 Å². The molecule has 3 rings (SSSR count). The topological polar surface area (TPSA) is 79.9 Å². The fraction of sp³-hybridized carbons (Fsp3) is 0.562. The largest absolute Gasteiger partial charge is 0.379 e. The van der Waals surface area contributed by atoms with Gasteiger partial charge in [0.05, 0.1) is 24.3 Å². The Bertz CT molecular complexity index is 748. The van der Waals surface area contributed by atoms with E-state index in [4.69, 9.17) is 33.3 Å². The lowest BCUT2D eigenvalue weighted by atomic mass is 10.2. The van der Waals surface area contributed by atoms with Crippen molar-refractivity contribution in [2.75, 3.05) is 44.8 Å². The number of halogens is 1. The maximum Gasteiger partial charge on any atom is 0.244 e. The van der Waals surface area contributed by atoms with Crippen LogP contribution in [0.15, 0.2) is 23.1 Å². The SMILES string of the molecule is O=S(=O)(c1cc(NC(=S)NC[C@H]2CCCO2)ccc1Cl)N1CCOCC1. The highest BCUT2D eigenvalue weighted by molar-refractivity contribution is 7.89. The first-order chi connectivity index (χ1) is 12.5. The molecule has 0 radical (unpaired) electrons. The summed E-state index contributed by atoms with van der Waals surface area (Å²) < 4.78 is 37.8. The van der Waals surface area contributed by atoms with E-state index in [9.17, 15) is 8.42 Å². The minimum Gasteiger partial charge on any atom is -0.379 e. The Kier molecular flexibility index (Phi) is 6.70. The number of sulfonamides is 1. The summed E-state index contributed by atoms with van der Waals surface area (Å²) >= 11 is 11.4. The summed E-state index contributed by atoms with van der Waals surface area (Å²) in [6.07, 6.45) is 2.24. The first kappa shape index (κ1) is 19.8. The lowest BCUT2D eigenvalue weighted by Crippen LogP contribution is -2.40. The van der Waals surface area contributed by atoms with Crippen LogP contribution in [0.2, 0.25) is 5.02 Å². The second-order valence-corrected chi connectivity index (χ2v) is 8.85. The second kappa shape index (κ2) is 8.81. The molecule has 0 aliphatic carbocycles. The van der Waals surface area contributed by atoms with E-state index in [0.717, 1.165) is 19.4 Å². The minimum absolute atomic E-state index is 0.0630. The highest BCUT2D eigenvalue weighted by atomic mass is 35.5. The first-order valence-electron chi connectivity index (χ1n) is 8.51. The number of morpholine rings is 1. The maximum absolute atomic E-state index is 12.8. The van der Waals surface area contributed by atoms with Gasteiger partial charge in [-0.05, 0) is 43.3 Å². The lowest BCUT2D eigenvalue weighted by molar-refractivity contribution is 0.0730. The Hall–Kier alpha value is -0.970. The summed E-state index contributed by atoms with van der Waals surface area (Å²) in [7, 11) is -3.68. The second-order valence-electron chi connectivity index (χ2n) is 6.13. The number of thiocarbonyl (C=S) groups is 1. The van der Waals surface area contributed by atoms with E-state index in [2.05, 4.69) is 10.6 Å². The summed E-state index contributed by atoms with van der Waals surface area (Å²) in [4.78, 5) is 0.0630. The van der Waals surface area contributed by atoms with Crippen LogP contribution in [0.5, 0.6) is 0 Å². The molecule has 2 saturated heterocycles. The van der Waals surface area contributed by atoms with Crippen molar-refractivity contribution in [2.45, 2.75) is 23.8 Å². The molecule has 0 unspecified atom stereocenters. The molecule has 26 heavy (non-hydrogen) atoms. The van der Waals surface area contributed by atoms with Gasteiger partial charge in [-0.1, -0.05) is 11.6 Å². The van der Waals surface area contributed by atoms with E-state index in [-0.39, 0.29) is 16.0 Å². The fourth-order valence-corrected chi connectivity index (χ4v) is 5.00. The van der Waals surface area contributed by atoms with E-state index >= 15 is 0 Å². The van der Waals surface area contributed by atoms with Crippen molar-refractivity contribution < 1.29 is 17.9 Å². The Labute approximate surface area is 164 Å². The Morgan fingerprint density at radius 2 is 2.08 bits per heavy atom. The number of nitrogens with one attached hydrogen (secondary N) is 2. The zero-order valence-corrected chi connectivity index (χ0v) is 16.6. The molecule has 10 heteroatoms. The van der Waals surface area contributed by atoms with E-state index in [1.165, 1.54) is 10.4 Å². The summed E-state index contributed by atoms with van der Waals surface area (Å²) in [5.74, 6) is 0. The normalized spacial score (nSPS) is 21.5. The summed E-state index contributed by atoms with van der Waals surface area (Å²) in [5.41, 5.74) is 0.561. The Balaban J connectivity index is 1.67. The lowest BCUT2D eigenvalue weighted by Gasteiger charge is -2.26. The van der Waals surface area contributed by atoms with E-state index in [1.54, 1.807) is 12.1 Å². The van der Waals surface area contributed by atoms with Crippen LogP contribution in [0.4, 0.5) is 5.69 Å². The van der Waals surface area contributed by atoms with E-state index < -0.39 is 10.0 Å². The minimum atomic E-state index is -3.68. The van der Waals surface area contributed by atoms with E-state index in [0.29, 0.717) is 43.6 Å². The predicted octanol–water partition coefficient (Wildman–Crippen LogP) is 1.83. The third kappa shape index (κ3) is 4.85. The zero-order valence-electron chi connectivity index (χ0n) is 14.2. The number of benzene rings is 1. The quantitative estimate of drug-likeness (QED) is 0.704. The van der Waals surface area contributed by atoms with Crippen molar-refractivity contribution in [3.8, 4) is 0 Å². The Morgan fingerprint density at radius 1 is 1.31 bits per heavy atom. The molecule has 0 saturated carbocycles. The summed E-state index contributed by atoms with van der Waals surface area (Å²) in [6, 6.07) is 4.76. The van der Waals surface area contributed by atoms with Crippen molar-refractivity contribution in [2.24, 2.45) is 0 Å². The van der Waals surface area contributed by atoms with Crippen molar-refractivity contribution in [3.63, 3.8) is 0 Å². The molecular weight excluding hydrogens is 398 g/mol. The molecule has 0 amide bonds. The van der Waals surface area contributed by atoms with Crippen LogP contribution in [0.25, 0.3) is 0 Å². The van der Waals surface area contributed by atoms with Crippen molar-refractivity contribution in [1.29, 1.82) is 0 Å². The maximum atomic E-state index is 12.8. The summed E-state index contributed by atoms with van der Waals surface area (Å²) in [6.45, 7) is 2.80. The van der Waals surface area contributed by atoms with Gasteiger partial charge in [0.15, 0.2) is 5.11 Å². The van der Waals surface area contributed by atoms with Gasteiger partial charge in [0, 0.05) is 31.9 Å². The highest BCUT2D eigenvalue weighted by Crippen LogP contribution is 2.28. The molecule has 1 aromatic rings. The van der Waals surface area contributed by atoms with Gasteiger partial charge < -0.3 is 20.1 Å². The van der Waals surface area contributed by atoms with Crippen LogP contribution in [-0.4, -0.2) is 63.4 Å². The summed E-state index contributed by atoms with van der Waals surface area (Å²) in [5, 5.41) is 6.70. The predicted molar refractivity (Wildman–Crippen MR) is 104 cm³/mol. The molecule has 0 spiro atoms. The Morgan fingerprint density at radius 3 is 2.77 bits per heavy atom. The van der Waals surface area contributed by atoms with Crippen LogP contribution in [0.1, 0.15) is 12.8 Å². The molecular formula is C16H22ClN3O4S2. The molecule has 2 aliphatic rings. The number of rotatable bonds is 5. The average Bonchev–Trinajstić information content (AvgIpc) is 3.16. The van der Waals surface area contributed by atoms with Gasteiger partial charge in [0.1, 0.15) is 4.90 Å². The van der Waals surface area contributed by atoms with Crippen molar-refractivity contribution >= 4 is 44.6 Å². The third-order valence-corrected chi connectivity index (χ3v) is 6.92. The molecule has 2 heterocycles. The van der Waals surface area contributed by atoms with Gasteiger partial charge in [-0.3, -0.25) is 0 Å². The number of nitrogens with zero attached hydrogens (tertiary/aromatic N) is 1. The zero-order chi connectivity index (χ0) is 18.6. The van der Waals surface area contributed by atoms with Gasteiger partial charge in [-0.15, -0.1) is 0 Å². The molecule has 0 aromatic heterocycles.